The maximum atomic E-state index is 12.8. The number of rotatable bonds is 10. The fraction of sp³-hybridized carbons (Fsp3) is 0.227. The molecular formula is C22H24N4O7S. The van der Waals surface area contributed by atoms with Crippen LogP contribution in [0.3, 0.4) is 0 Å². The van der Waals surface area contributed by atoms with Gasteiger partial charge in [0.2, 0.25) is 0 Å². The lowest BCUT2D eigenvalue weighted by Gasteiger charge is -2.22. The number of non-ortho nitro benzene ring substituents is 1. The van der Waals surface area contributed by atoms with Gasteiger partial charge in [0.05, 0.1) is 34.9 Å². The molecule has 12 heteroatoms. The van der Waals surface area contributed by atoms with E-state index in [-0.39, 0.29) is 46.1 Å². The number of sulfonamides is 1. The van der Waals surface area contributed by atoms with Crippen molar-refractivity contribution in [2.75, 3.05) is 32.5 Å². The summed E-state index contributed by atoms with van der Waals surface area (Å²) in [6, 6.07) is 12.3. The highest BCUT2D eigenvalue weighted by Crippen LogP contribution is 2.31. The lowest BCUT2D eigenvalue weighted by molar-refractivity contribution is -0.384. The highest BCUT2D eigenvalue weighted by Gasteiger charge is 2.21. The molecule has 0 unspecified atom stereocenters. The van der Waals surface area contributed by atoms with Crippen LogP contribution in [0.2, 0.25) is 0 Å². The van der Waals surface area contributed by atoms with Crippen LogP contribution in [0.1, 0.15) is 22.2 Å². The zero-order chi connectivity index (χ0) is 24.9. The highest BCUT2D eigenvalue weighted by molar-refractivity contribution is 7.92. The molecule has 3 aromatic rings. The summed E-state index contributed by atoms with van der Waals surface area (Å²) in [5.74, 6) is 0.447. The van der Waals surface area contributed by atoms with Crippen molar-refractivity contribution in [1.82, 2.24) is 10.2 Å². The quantitative estimate of drug-likeness (QED) is 0.327. The minimum atomic E-state index is -4.10. The highest BCUT2D eigenvalue weighted by atomic mass is 32.2. The second kappa shape index (κ2) is 10.4. The molecule has 2 aromatic carbocycles. The molecule has 34 heavy (non-hydrogen) atoms. The summed E-state index contributed by atoms with van der Waals surface area (Å²) in [5, 5.41) is 13.8. The van der Waals surface area contributed by atoms with Gasteiger partial charge in [-0.25, -0.2) is 8.42 Å². The van der Waals surface area contributed by atoms with Crippen LogP contribution < -0.4 is 14.8 Å². The second-order valence-corrected chi connectivity index (χ2v) is 9.16. The average molecular weight is 489 g/mol. The summed E-state index contributed by atoms with van der Waals surface area (Å²) in [5.41, 5.74) is -0.105. The average Bonchev–Trinajstić information content (AvgIpc) is 3.33. The van der Waals surface area contributed by atoms with Crippen molar-refractivity contribution in [3.8, 4) is 5.75 Å². The van der Waals surface area contributed by atoms with Gasteiger partial charge < -0.3 is 14.5 Å². The topological polar surface area (TPSA) is 144 Å². The first kappa shape index (κ1) is 24.7. The Balaban J connectivity index is 1.72. The third-order valence-corrected chi connectivity index (χ3v) is 6.40. The van der Waals surface area contributed by atoms with Crippen molar-refractivity contribution in [2.24, 2.45) is 0 Å². The molecule has 180 valence electrons. The van der Waals surface area contributed by atoms with Crippen molar-refractivity contribution < 1.29 is 27.3 Å². The van der Waals surface area contributed by atoms with Crippen LogP contribution >= 0.6 is 0 Å². The molecule has 0 spiro atoms. The molecule has 1 aromatic heterocycles. The molecule has 0 bridgehead atoms. The molecule has 1 amide bonds. The van der Waals surface area contributed by atoms with E-state index in [1.807, 2.05) is 25.1 Å². The van der Waals surface area contributed by atoms with Gasteiger partial charge in [-0.3, -0.25) is 24.5 Å². The number of nitro benzene ring substituents is 1. The maximum absolute atomic E-state index is 12.8. The van der Waals surface area contributed by atoms with Gasteiger partial charge in [-0.2, -0.15) is 0 Å². The summed E-state index contributed by atoms with van der Waals surface area (Å²) < 4.78 is 38.4. The molecule has 1 heterocycles. The molecule has 3 rings (SSSR count). The van der Waals surface area contributed by atoms with E-state index in [4.69, 9.17) is 9.15 Å². The van der Waals surface area contributed by atoms with E-state index < -0.39 is 14.9 Å². The van der Waals surface area contributed by atoms with E-state index in [1.165, 1.54) is 43.5 Å². The largest absolute Gasteiger partial charge is 0.495 e. The Kier molecular flexibility index (Phi) is 7.54. The van der Waals surface area contributed by atoms with Crippen molar-refractivity contribution in [3.05, 3.63) is 82.3 Å². The Bertz CT molecular complexity index is 1260. The number of furan rings is 1. The molecule has 1 atom stereocenters. The Morgan fingerprint density at radius 2 is 1.88 bits per heavy atom. The number of carbonyl (C=O) groups excluding carboxylic acids is 1. The van der Waals surface area contributed by atoms with E-state index in [2.05, 4.69) is 10.0 Å². The molecule has 0 fully saturated rings. The zero-order valence-electron chi connectivity index (χ0n) is 18.7. The predicted molar refractivity (Wildman–Crippen MR) is 124 cm³/mol. The third-order valence-electron chi connectivity index (χ3n) is 5.02. The van der Waals surface area contributed by atoms with Crippen LogP contribution in [0.5, 0.6) is 5.75 Å². The smallest absolute Gasteiger partial charge is 0.271 e. The zero-order valence-corrected chi connectivity index (χ0v) is 19.5. The van der Waals surface area contributed by atoms with E-state index in [0.717, 1.165) is 6.07 Å². The molecule has 0 aliphatic carbocycles. The molecule has 0 aliphatic rings. The number of ether oxygens (including phenoxy) is 1. The van der Waals surface area contributed by atoms with E-state index in [0.29, 0.717) is 5.76 Å². The summed E-state index contributed by atoms with van der Waals surface area (Å²) >= 11 is 0. The first-order valence-electron chi connectivity index (χ1n) is 10.1. The third kappa shape index (κ3) is 5.71. The Hall–Kier alpha value is -3.90. The molecule has 0 aliphatic heterocycles. The van der Waals surface area contributed by atoms with Gasteiger partial charge in [-0.05, 0) is 56.6 Å². The number of methoxy groups -OCH3 is 1. The van der Waals surface area contributed by atoms with Crippen LogP contribution in [0, 0.1) is 10.1 Å². The predicted octanol–water partition coefficient (Wildman–Crippen LogP) is 3.03. The lowest BCUT2D eigenvalue weighted by atomic mass is 10.2. The fourth-order valence-corrected chi connectivity index (χ4v) is 4.25. The Morgan fingerprint density at radius 1 is 1.18 bits per heavy atom. The van der Waals surface area contributed by atoms with Crippen LogP contribution in [-0.2, 0) is 10.0 Å². The van der Waals surface area contributed by atoms with Gasteiger partial charge >= 0.3 is 0 Å². The summed E-state index contributed by atoms with van der Waals surface area (Å²) in [4.78, 5) is 24.7. The number of hydrogen-bond donors (Lipinski definition) is 2. The van der Waals surface area contributed by atoms with Gasteiger partial charge in [0.1, 0.15) is 11.5 Å². The number of nitrogens with zero attached hydrogens (tertiary/aromatic N) is 2. The molecule has 11 nitrogen and oxygen atoms in total. The van der Waals surface area contributed by atoms with Gasteiger partial charge in [0.15, 0.2) is 0 Å². The van der Waals surface area contributed by atoms with Crippen LogP contribution in [0.25, 0.3) is 0 Å². The van der Waals surface area contributed by atoms with E-state index in [9.17, 15) is 23.3 Å². The number of anilines is 1. The summed E-state index contributed by atoms with van der Waals surface area (Å²) in [7, 11) is 0.945. The Morgan fingerprint density at radius 3 is 2.44 bits per heavy atom. The van der Waals surface area contributed by atoms with Crippen LogP contribution in [0.15, 0.2) is 70.2 Å². The lowest BCUT2D eigenvalue weighted by Crippen LogP contribution is -2.34. The van der Waals surface area contributed by atoms with Gasteiger partial charge in [0.25, 0.3) is 21.6 Å². The fourth-order valence-electron chi connectivity index (χ4n) is 3.19. The van der Waals surface area contributed by atoms with Crippen LogP contribution in [0.4, 0.5) is 11.4 Å². The number of benzene rings is 2. The van der Waals surface area contributed by atoms with Gasteiger partial charge in [0, 0.05) is 24.2 Å². The number of nitrogens with one attached hydrogen (secondary N) is 2. The standard InChI is InChI=1S/C22H24N4O7S/c1-25(2)19(21-5-4-12-33-21)14-23-22(27)15-6-9-17(10-7-15)34(30,31)24-18-13-16(26(28)29)8-11-20(18)32-3/h4-13,19,24H,14H2,1-3H3,(H,23,27)/t19-/m0/s1. The Labute approximate surface area is 196 Å². The minimum Gasteiger partial charge on any atom is -0.495 e. The van der Waals surface area contributed by atoms with Gasteiger partial charge in [-0.15, -0.1) is 0 Å². The van der Waals surface area contributed by atoms with Crippen molar-refractivity contribution in [1.29, 1.82) is 0 Å². The summed E-state index contributed by atoms with van der Waals surface area (Å²) in [6.45, 7) is 0.285. The number of hydrogen-bond acceptors (Lipinski definition) is 8. The number of amides is 1. The van der Waals surface area contributed by atoms with E-state index >= 15 is 0 Å². The van der Waals surface area contributed by atoms with Crippen molar-refractivity contribution in [2.45, 2.75) is 10.9 Å². The van der Waals surface area contributed by atoms with E-state index in [1.54, 1.807) is 12.3 Å². The number of carbonyl (C=O) groups is 1. The number of nitro groups is 1. The van der Waals surface area contributed by atoms with Crippen molar-refractivity contribution >= 4 is 27.3 Å². The van der Waals surface area contributed by atoms with Crippen LogP contribution in [-0.4, -0.2) is 51.9 Å². The molecule has 0 saturated heterocycles. The second-order valence-electron chi connectivity index (χ2n) is 7.48. The molecule has 0 radical (unpaired) electrons. The van der Waals surface area contributed by atoms with Crippen molar-refractivity contribution in [3.63, 3.8) is 0 Å². The first-order chi connectivity index (χ1) is 16.1. The molecular weight excluding hydrogens is 464 g/mol. The number of likely N-dealkylation sites (N-methyl/N-ethyl adjacent to an activating group) is 1. The monoisotopic (exact) mass is 488 g/mol. The SMILES string of the molecule is COc1ccc([N+](=O)[O-])cc1NS(=O)(=O)c1ccc(C(=O)NC[C@@H](c2ccco2)N(C)C)cc1. The maximum Gasteiger partial charge on any atom is 0.271 e. The normalized spacial score (nSPS) is 12.2. The molecule has 2 N–H and O–H groups in total. The summed E-state index contributed by atoms with van der Waals surface area (Å²) in [6.07, 6.45) is 1.56. The molecule has 0 saturated carbocycles. The first-order valence-corrected chi connectivity index (χ1v) is 11.5. The minimum absolute atomic E-state index is 0.0776. The van der Waals surface area contributed by atoms with Gasteiger partial charge in [-0.1, -0.05) is 0 Å².